The van der Waals surface area contributed by atoms with Gasteiger partial charge in [0.25, 0.3) is 0 Å². The van der Waals surface area contributed by atoms with Crippen LogP contribution >= 0.6 is 11.8 Å². The number of nitrogens with one attached hydrogen (secondary N) is 1. The van der Waals surface area contributed by atoms with Gasteiger partial charge in [-0.15, -0.1) is 24.9 Å². The summed E-state index contributed by atoms with van der Waals surface area (Å²) in [6.07, 6.45) is -4.64. The van der Waals surface area contributed by atoms with Crippen molar-refractivity contribution in [1.82, 2.24) is 5.32 Å². The van der Waals surface area contributed by atoms with Crippen LogP contribution in [0.4, 0.5) is 13.2 Å². The van der Waals surface area contributed by atoms with Crippen LogP contribution in [0.2, 0.25) is 0 Å². The summed E-state index contributed by atoms with van der Waals surface area (Å²) in [7, 11) is 0. The highest BCUT2D eigenvalue weighted by Gasteiger charge is 2.31. The molecule has 0 radical (unpaired) electrons. The number of hydrogen-bond donors (Lipinski definition) is 1. The molecule has 1 aliphatic heterocycles. The van der Waals surface area contributed by atoms with Gasteiger partial charge in [-0.3, -0.25) is 0 Å². The number of alkyl halides is 3. The van der Waals surface area contributed by atoms with Crippen molar-refractivity contribution < 1.29 is 17.9 Å². The Balaban J connectivity index is 2.11. The van der Waals surface area contributed by atoms with Crippen LogP contribution in [0.25, 0.3) is 0 Å². The zero-order valence-electron chi connectivity index (χ0n) is 9.12. The first-order valence-corrected chi connectivity index (χ1v) is 6.13. The quantitative estimate of drug-likeness (QED) is 0.884. The second-order valence-electron chi connectivity index (χ2n) is 3.86. The van der Waals surface area contributed by atoms with Gasteiger partial charge in [0.2, 0.25) is 0 Å². The molecule has 2 nitrogen and oxygen atoms in total. The maximum Gasteiger partial charge on any atom is 0.573 e. The summed E-state index contributed by atoms with van der Waals surface area (Å²) < 4.78 is 40.1. The Labute approximate surface area is 102 Å². The second kappa shape index (κ2) is 4.78. The Bertz CT molecular complexity index is 397. The molecule has 1 saturated heterocycles. The number of ether oxygens (including phenoxy) is 1. The standard InChI is InChI=1S/C11H12F3NOS/c1-7-6-15-10(17-7)8-3-2-4-9(5-8)16-11(12,13)14/h2-5,7,10,15H,6H2,1H3. The minimum absolute atomic E-state index is 0.0433. The van der Waals surface area contributed by atoms with Crippen molar-refractivity contribution in [3.8, 4) is 5.75 Å². The summed E-state index contributed by atoms with van der Waals surface area (Å²) in [4.78, 5) is 0. The minimum atomic E-state index is -4.64. The molecule has 2 unspecified atom stereocenters. The molecule has 2 rings (SSSR count). The topological polar surface area (TPSA) is 21.3 Å². The van der Waals surface area contributed by atoms with Crippen molar-refractivity contribution in [2.24, 2.45) is 0 Å². The largest absolute Gasteiger partial charge is 0.573 e. The zero-order chi connectivity index (χ0) is 12.5. The first-order valence-electron chi connectivity index (χ1n) is 5.18. The van der Waals surface area contributed by atoms with E-state index in [1.165, 1.54) is 12.1 Å². The molecule has 94 valence electrons. The Kier molecular flexibility index (Phi) is 3.53. The Morgan fingerprint density at radius 3 is 2.76 bits per heavy atom. The molecule has 1 heterocycles. The third kappa shape index (κ3) is 3.54. The Morgan fingerprint density at radius 2 is 2.18 bits per heavy atom. The molecule has 1 N–H and O–H groups in total. The van der Waals surface area contributed by atoms with Crippen molar-refractivity contribution in [2.75, 3.05) is 6.54 Å². The lowest BCUT2D eigenvalue weighted by molar-refractivity contribution is -0.274. The monoisotopic (exact) mass is 263 g/mol. The van der Waals surface area contributed by atoms with Gasteiger partial charge in [-0.25, -0.2) is 0 Å². The van der Waals surface area contributed by atoms with Gasteiger partial charge in [0.1, 0.15) is 5.75 Å². The maximum absolute atomic E-state index is 12.1. The molecule has 0 bridgehead atoms. The van der Waals surface area contributed by atoms with Gasteiger partial charge in [-0.05, 0) is 17.7 Å². The summed E-state index contributed by atoms with van der Waals surface area (Å²) in [6.45, 7) is 2.94. The highest BCUT2D eigenvalue weighted by Crippen LogP contribution is 2.36. The fourth-order valence-corrected chi connectivity index (χ4v) is 2.83. The van der Waals surface area contributed by atoms with Gasteiger partial charge in [0.05, 0.1) is 5.37 Å². The molecule has 0 amide bonds. The van der Waals surface area contributed by atoms with Crippen molar-refractivity contribution in [3.05, 3.63) is 29.8 Å². The molecule has 0 saturated carbocycles. The number of hydrogen-bond acceptors (Lipinski definition) is 3. The molecule has 0 aromatic heterocycles. The second-order valence-corrected chi connectivity index (χ2v) is 5.40. The van der Waals surface area contributed by atoms with E-state index in [4.69, 9.17) is 0 Å². The van der Waals surface area contributed by atoms with E-state index in [2.05, 4.69) is 17.0 Å². The van der Waals surface area contributed by atoms with E-state index in [1.807, 2.05) is 0 Å². The van der Waals surface area contributed by atoms with Crippen molar-refractivity contribution >= 4 is 11.8 Å². The summed E-state index contributed by atoms with van der Waals surface area (Å²) in [5, 5.41) is 3.75. The van der Waals surface area contributed by atoms with Crippen LogP contribution in [0.5, 0.6) is 5.75 Å². The van der Waals surface area contributed by atoms with Crippen molar-refractivity contribution in [3.63, 3.8) is 0 Å². The normalized spacial score (nSPS) is 24.9. The highest BCUT2D eigenvalue weighted by atomic mass is 32.2. The molecule has 1 fully saturated rings. The Hall–Kier alpha value is -0.880. The molecular formula is C11H12F3NOS. The number of rotatable bonds is 2. The fraction of sp³-hybridized carbons (Fsp3) is 0.455. The van der Waals surface area contributed by atoms with Crippen LogP contribution in [0.1, 0.15) is 17.9 Å². The molecule has 1 aromatic carbocycles. The van der Waals surface area contributed by atoms with E-state index in [-0.39, 0.29) is 11.1 Å². The average molecular weight is 263 g/mol. The van der Waals surface area contributed by atoms with E-state index in [0.29, 0.717) is 5.25 Å². The van der Waals surface area contributed by atoms with Crippen LogP contribution in [-0.4, -0.2) is 18.2 Å². The van der Waals surface area contributed by atoms with Crippen molar-refractivity contribution in [2.45, 2.75) is 23.9 Å². The molecule has 0 aliphatic carbocycles. The predicted octanol–water partition coefficient (Wildman–Crippen LogP) is 3.31. The van der Waals surface area contributed by atoms with Gasteiger partial charge < -0.3 is 10.1 Å². The van der Waals surface area contributed by atoms with Gasteiger partial charge in [-0.1, -0.05) is 19.1 Å². The molecule has 2 atom stereocenters. The van der Waals surface area contributed by atoms with Crippen LogP contribution in [0, 0.1) is 0 Å². The first kappa shape index (κ1) is 12.6. The fourth-order valence-electron chi connectivity index (χ4n) is 1.67. The highest BCUT2D eigenvalue weighted by molar-refractivity contribution is 8.00. The van der Waals surface area contributed by atoms with Gasteiger partial charge in [0.15, 0.2) is 0 Å². The molecule has 1 aromatic rings. The third-order valence-corrected chi connectivity index (χ3v) is 3.70. The molecule has 1 aliphatic rings. The van der Waals surface area contributed by atoms with Gasteiger partial charge >= 0.3 is 6.36 Å². The number of benzene rings is 1. The van der Waals surface area contributed by atoms with Gasteiger partial charge in [-0.2, -0.15) is 0 Å². The Morgan fingerprint density at radius 1 is 1.41 bits per heavy atom. The van der Waals surface area contributed by atoms with Crippen LogP contribution < -0.4 is 10.1 Å². The molecule has 6 heteroatoms. The zero-order valence-corrected chi connectivity index (χ0v) is 9.94. The molecule has 17 heavy (non-hydrogen) atoms. The molecular weight excluding hydrogens is 251 g/mol. The molecule has 0 spiro atoms. The van der Waals surface area contributed by atoms with Crippen LogP contribution in [-0.2, 0) is 0 Å². The van der Waals surface area contributed by atoms with Crippen LogP contribution in [0.15, 0.2) is 24.3 Å². The van der Waals surface area contributed by atoms with E-state index in [0.717, 1.165) is 12.1 Å². The van der Waals surface area contributed by atoms with Gasteiger partial charge in [0, 0.05) is 11.8 Å². The smallest absolute Gasteiger partial charge is 0.406 e. The van der Waals surface area contributed by atoms with E-state index in [1.54, 1.807) is 23.9 Å². The minimum Gasteiger partial charge on any atom is -0.406 e. The van der Waals surface area contributed by atoms with Crippen molar-refractivity contribution in [1.29, 1.82) is 0 Å². The first-order chi connectivity index (χ1) is 7.94. The summed E-state index contributed by atoms with van der Waals surface area (Å²) in [5.74, 6) is -0.169. The maximum atomic E-state index is 12.1. The third-order valence-electron chi connectivity index (χ3n) is 2.35. The lowest BCUT2D eigenvalue weighted by Gasteiger charge is -2.13. The van der Waals surface area contributed by atoms with Crippen LogP contribution in [0.3, 0.4) is 0 Å². The lowest BCUT2D eigenvalue weighted by Crippen LogP contribution is -2.18. The average Bonchev–Trinajstić information content (AvgIpc) is 2.63. The SMILES string of the molecule is CC1CNC(c2cccc(OC(F)(F)F)c2)S1. The summed E-state index contributed by atoms with van der Waals surface area (Å²) in [5.41, 5.74) is 0.807. The number of halogens is 3. The van der Waals surface area contributed by atoms with E-state index < -0.39 is 6.36 Å². The lowest BCUT2D eigenvalue weighted by atomic mass is 10.2. The van der Waals surface area contributed by atoms with E-state index in [9.17, 15) is 13.2 Å². The van der Waals surface area contributed by atoms with E-state index >= 15 is 0 Å². The number of thioether (sulfide) groups is 1. The summed E-state index contributed by atoms with van der Waals surface area (Å²) >= 11 is 1.70. The summed E-state index contributed by atoms with van der Waals surface area (Å²) in [6, 6.07) is 6.10. The predicted molar refractivity (Wildman–Crippen MR) is 60.9 cm³/mol.